The van der Waals surface area contributed by atoms with Gasteiger partial charge in [0, 0.05) is 24.5 Å². The number of carbonyl (C=O) groups excluding carboxylic acids is 1. The van der Waals surface area contributed by atoms with Crippen LogP contribution < -0.4 is 10.1 Å². The number of methoxy groups -OCH3 is 1. The van der Waals surface area contributed by atoms with Gasteiger partial charge in [0.15, 0.2) is 8.32 Å². The zero-order valence-electron chi connectivity index (χ0n) is 28.0. The summed E-state index contributed by atoms with van der Waals surface area (Å²) in [5, 5.41) is 3.85. The minimum Gasteiger partial charge on any atom is -0.497 e. The first-order valence-corrected chi connectivity index (χ1v) is 18.7. The highest BCUT2D eigenvalue weighted by molar-refractivity contribution is 6.74. The number of carbonyl (C=O) groups is 1. The molecule has 1 aliphatic rings. The van der Waals surface area contributed by atoms with E-state index in [0.717, 1.165) is 29.0 Å². The number of nitrogens with zero attached hydrogens (tertiary/aromatic N) is 2. The number of morpholine rings is 1. The van der Waals surface area contributed by atoms with Crippen LogP contribution in [0.5, 0.6) is 5.75 Å². The van der Waals surface area contributed by atoms with Crippen LogP contribution in [0.15, 0.2) is 66.7 Å². The van der Waals surface area contributed by atoms with E-state index in [2.05, 4.69) is 44.2 Å². The highest BCUT2D eigenvalue weighted by atomic mass is 28.4. The summed E-state index contributed by atoms with van der Waals surface area (Å²) in [6, 6.07) is 16.2. The molecule has 0 saturated carbocycles. The van der Waals surface area contributed by atoms with Gasteiger partial charge in [0.1, 0.15) is 17.4 Å². The van der Waals surface area contributed by atoms with Crippen LogP contribution in [0.2, 0.25) is 18.1 Å². The van der Waals surface area contributed by atoms with Gasteiger partial charge in [-0.3, -0.25) is 4.79 Å². The molecule has 256 valence electrons. The lowest BCUT2D eigenvalue weighted by atomic mass is 10.00. The molecule has 1 atom stereocenters. The van der Waals surface area contributed by atoms with Crippen LogP contribution in [-0.2, 0) is 28.5 Å². The van der Waals surface area contributed by atoms with Crippen molar-refractivity contribution in [3.8, 4) is 5.75 Å². The number of benzene rings is 3. The second kappa shape index (κ2) is 13.8. The predicted molar refractivity (Wildman–Crippen MR) is 180 cm³/mol. The molecule has 0 radical (unpaired) electrons. The fourth-order valence-corrected chi connectivity index (χ4v) is 6.22. The molecule has 1 unspecified atom stereocenters. The first-order chi connectivity index (χ1) is 22.6. The molecule has 4 aromatic rings. The number of hydrogen-bond donors (Lipinski definition) is 1. The summed E-state index contributed by atoms with van der Waals surface area (Å²) in [4.78, 5) is 20.1. The molecule has 1 amide bonds. The van der Waals surface area contributed by atoms with Crippen LogP contribution in [0.1, 0.15) is 59.4 Å². The Morgan fingerprint density at radius 3 is 2.35 bits per heavy atom. The van der Waals surface area contributed by atoms with Crippen molar-refractivity contribution in [3.63, 3.8) is 0 Å². The first-order valence-electron chi connectivity index (χ1n) is 15.8. The molecule has 1 N–H and O–H groups in total. The largest absolute Gasteiger partial charge is 0.497 e. The van der Waals surface area contributed by atoms with Gasteiger partial charge in [0.2, 0.25) is 0 Å². The quantitative estimate of drug-likeness (QED) is 0.141. The third-order valence-corrected chi connectivity index (χ3v) is 13.7. The third kappa shape index (κ3) is 7.82. The van der Waals surface area contributed by atoms with E-state index in [9.17, 15) is 18.0 Å². The van der Waals surface area contributed by atoms with Gasteiger partial charge in [-0.05, 0) is 71.2 Å². The number of alkyl halides is 3. The molecule has 1 fully saturated rings. The van der Waals surface area contributed by atoms with Gasteiger partial charge in [-0.25, -0.2) is 9.37 Å². The maximum Gasteiger partial charge on any atom is 0.416 e. The highest BCUT2D eigenvalue weighted by Crippen LogP contribution is 2.38. The molecule has 5 rings (SSSR count). The number of aromatic nitrogens is 1. The van der Waals surface area contributed by atoms with Crippen LogP contribution in [0.3, 0.4) is 0 Å². The Bertz CT molecular complexity index is 1760. The Morgan fingerprint density at radius 1 is 1.04 bits per heavy atom. The molecule has 0 bridgehead atoms. The van der Waals surface area contributed by atoms with Crippen LogP contribution in [0, 0.1) is 5.82 Å². The van der Waals surface area contributed by atoms with Gasteiger partial charge in [-0.2, -0.15) is 13.2 Å². The third-order valence-electron chi connectivity index (χ3n) is 9.25. The van der Waals surface area contributed by atoms with Crippen molar-refractivity contribution in [1.29, 1.82) is 0 Å². The molecule has 1 saturated heterocycles. The Balaban J connectivity index is 1.49. The number of pyridine rings is 1. The zero-order chi connectivity index (χ0) is 34.9. The lowest BCUT2D eigenvalue weighted by Crippen LogP contribution is -2.43. The van der Waals surface area contributed by atoms with Gasteiger partial charge in [-0.1, -0.05) is 45.0 Å². The summed E-state index contributed by atoms with van der Waals surface area (Å²) in [6.45, 7) is 11.9. The zero-order valence-corrected chi connectivity index (χ0v) is 29.0. The Kier molecular flexibility index (Phi) is 10.2. The van der Waals surface area contributed by atoms with Gasteiger partial charge in [0.05, 0.1) is 49.6 Å². The molecule has 0 spiro atoms. The Morgan fingerprint density at radius 2 is 1.73 bits per heavy atom. The van der Waals surface area contributed by atoms with E-state index in [0.29, 0.717) is 28.8 Å². The van der Waals surface area contributed by atoms with Crippen LogP contribution in [0.25, 0.3) is 10.9 Å². The maximum atomic E-state index is 15.9. The van der Waals surface area contributed by atoms with Crippen molar-refractivity contribution < 1.29 is 36.3 Å². The lowest BCUT2D eigenvalue weighted by molar-refractivity contribution is -0.137. The average Bonchev–Trinajstić information content (AvgIpc) is 3.05. The van der Waals surface area contributed by atoms with Crippen molar-refractivity contribution in [2.45, 2.75) is 64.3 Å². The molecule has 7 nitrogen and oxygen atoms in total. The predicted octanol–water partition coefficient (Wildman–Crippen LogP) is 8.75. The van der Waals surface area contributed by atoms with Gasteiger partial charge in [-0.15, -0.1) is 0 Å². The summed E-state index contributed by atoms with van der Waals surface area (Å²) in [6.07, 6.45) is -4.49. The summed E-state index contributed by atoms with van der Waals surface area (Å²) in [7, 11) is -0.587. The highest BCUT2D eigenvalue weighted by Gasteiger charge is 2.37. The minimum absolute atomic E-state index is 0.0534. The van der Waals surface area contributed by atoms with Crippen molar-refractivity contribution in [2.75, 3.05) is 32.2 Å². The van der Waals surface area contributed by atoms with Gasteiger partial charge < -0.3 is 24.1 Å². The smallest absolute Gasteiger partial charge is 0.416 e. The minimum atomic E-state index is -4.49. The Labute approximate surface area is 279 Å². The van der Waals surface area contributed by atoms with Gasteiger partial charge >= 0.3 is 6.18 Å². The number of ether oxygens (including phenoxy) is 2. The monoisotopic (exact) mass is 683 g/mol. The van der Waals surface area contributed by atoms with E-state index < -0.39 is 37.8 Å². The van der Waals surface area contributed by atoms with Crippen molar-refractivity contribution in [1.82, 2.24) is 9.88 Å². The van der Waals surface area contributed by atoms with E-state index in [1.54, 1.807) is 7.11 Å². The van der Waals surface area contributed by atoms with Crippen LogP contribution >= 0.6 is 0 Å². The van der Waals surface area contributed by atoms with Gasteiger partial charge in [0.25, 0.3) is 5.91 Å². The van der Waals surface area contributed by atoms with Crippen molar-refractivity contribution in [3.05, 3.63) is 100 Å². The molecule has 1 aliphatic heterocycles. The topological polar surface area (TPSA) is 72.9 Å². The summed E-state index contributed by atoms with van der Waals surface area (Å²) >= 11 is 0. The number of anilines is 1. The van der Waals surface area contributed by atoms with Crippen molar-refractivity contribution >= 4 is 30.9 Å². The molecule has 3 aromatic carbocycles. The fraction of sp³-hybridized carbons (Fsp3) is 0.389. The van der Waals surface area contributed by atoms with Crippen LogP contribution in [0.4, 0.5) is 23.4 Å². The first kappa shape index (κ1) is 35.3. The summed E-state index contributed by atoms with van der Waals surface area (Å²) < 4.78 is 72.8. The normalized spacial score (nSPS) is 15.9. The van der Waals surface area contributed by atoms with E-state index in [1.165, 1.54) is 29.2 Å². The summed E-state index contributed by atoms with van der Waals surface area (Å²) in [5.41, 5.74) is 1.62. The molecule has 1 aromatic heterocycles. The number of rotatable bonds is 9. The van der Waals surface area contributed by atoms with Crippen molar-refractivity contribution in [2.24, 2.45) is 0 Å². The molecular formula is C36H41F4N3O4Si. The van der Waals surface area contributed by atoms with Crippen LogP contribution in [-0.4, -0.2) is 51.0 Å². The lowest BCUT2D eigenvalue weighted by Gasteiger charge is -2.36. The Hall–Kier alpha value is -4.00. The maximum absolute atomic E-state index is 15.9. The molecular weight excluding hydrogens is 642 g/mol. The average molecular weight is 684 g/mol. The standard InChI is InChI=1S/C36H41F4N3O4Si/c1-35(2,3)48(5,6)47-21-25-17-33(41-20-23-7-13-27(45-4)14-8-23)42-31-19-30(37)29(18-28(25)31)34(44)43-15-16-46-22-32(43)24-9-11-26(12-10-24)36(38,39)40/h7-14,17-19,32H,15-16,20-22H2,1-6H3,(H,41,42). The number of fused-ring (bicyclic) bond motifs is 1. The fourth-order valence-electron chi connectivity index (χ4n) is 5.27. The number of hydrogen-bond acceptors (Lipinski definition) is 6. The molecule has 48 heavy (non-hydrogen) atoms. The SMILES string of the molecule is COc1ccc(CNc2cc(CO[Si](C)(C)C(C)(C)C)c3cc(C(=O)N4CCOCC4c4ccc(C(F)(F)F)cc4)c(F)cc3n2)cc1. The number of amides is 1. The second-order valence-electron chi connectivity index (χ2n) is 13.5. The van der Waals surface area contributed by atoms with E-state index in [-0.39, 0.29) is 37.0 Å². The molecule has 12 heteroatoms. The van der Waals surface area contributed by atoms with E-state index in [4.69, 9.17) is 13.9 Å². The second-order valence-corrected chi connectivity index (χ2v) is 18.3. The molecule has 0 aliphatic carbocycles. The van der Waals surface area contributed by atoms with E-state index >= 15 is 4.39 Å². The molecule has 2 heterocycles. The summed E-state index contributed by atoms with van der Waals surface area (Å²) in [5.74, 6) is -0.0563. The number of halogens is 4. The number of nitrogens with one attached hydrogen (secondary N) is 1. The van der Waals surface area contributed by atoms with E-state index in [1.807, 2.05) is 30.3 Å².